The molecule has 0 saturated carbocycles. The first kappa shape index (κ1) is 15.9. The average molecular weight is 417 g/mol. The van der Waals surface area contributed by atoms with E-state index >= 15 is 0 Å². The first-order valence-corrected chi connectivity index (χ1v) is 8.49. The fourth-order valence-electron chi connectivity index (χ4n) is 1.37. The average Bonchev–Trinajstić information content (AvgIpc) is 2.32. The Bertz CT molecular complexity index is 748. The Hall–Kier alpha value is -0.530. The highest BCUT2D eigenvalue weighted by molar-refractivity contribution is 9.10. The maximum atomic E-state index is 12.2. The molecule has 2 rings (SSSR count). The van der Waals surface area contributed by atoms with Crippen LogP contribution in [0.5, 0.6) is 0 Å². The summed E-state index contributed by atoms with van der Waals surface area (Å²) >= 11 is 20.5. The molecule has 1 N–H and O–H groups in total. The number of hydrogen-bond acceptors (Lipinski definition) is 3. The highest BCUT2D eigenvalue weighted by Gasteiger charge is 2.16. The predicted octanol–water partition coefficient (Wildman–Crippen LogP) is 4.61. The van der Waals surface area contributed by atoms with Gasteiger partial charge in [0.1, 0.15) is 5.15 Å². The van der Waals surface area contributed by atoms with E-state index < -0.39 is 10.0 Å². The van der Waals surface area contributed by atoms with Crippen LogP contribution in [-0.2, 0) is 10.0 Å². The number of aromatic nitrogens is 1. The molecular formula is C11H6BrCl3N2O2S. The fourth-order valence-corrected chi connectivity index (χ4v) is 3.59. The van der Waals surface area contributed by atoms with Crippen LogP contribution in [-0.4, -0.2) is 13.4 Å². The minimum Gasteiger partial charge on any atom is -0.278 e. The number of nitrogens with one attached hydrogen (secondary N) is 1. The van der Waals surface area contributed by atoms with Gasteiger partial charge in [-0.25, -0.2) is 13.4 Å². The molecule has 0 bridgehead atoms. The lowest BCUT2D eigenvalue weighted by molar-refractivity contribution is 0.601. The van der Waals surface area contributed by atoms with Gasteiger partial charge >= 0.3 is 0 Å². The Morgan fingerprint density at radius 3 is 2.20 bits per heavy atom. The molecule has 2 aromatic rings. The highest BCUT2D eigenvalue weighted by atomic mass is 79.9. The standard InChI is InChI=1S/C11H6BrCl3N2O2S/c12-10-4-8(5-16-11(10)15)17-20(18,19)9-2-6(13)1-7(14)3-9/h1-5,17H. The molecule has 1 aromatic heterocycles. The summed E-state index contributed by atoms with van der Waals surface area (Å²) in [6.07, 6.45) is 1.30. The molecule has 1 aromatic carbocycles. The summed E-state index contributed by atoms with van der Waals surface area (Å²) in [5.41, 5.74) is 0.261. The zero-order chi connectivity index (χ0) is 14.9. The van der Waals surface area contributed by atoms with Gasteiger partial charge in [0.15, 0.2) is 0 Å². The van der Waals surface area contributed by atoms with Gasteiger partial charge in [-0.05, 0) is 40.2 Å². The molecule has 0 unspecified atom stereocenters. The van der Waals surface area contributed by atoms with Gasteiger partial charge in [0.05, 0.1) is 21.3 Å². The summed E-state index contributed by atoms with van der Waals surface area (Å²) in [4.78, 5) is 3.79. The number of sulfonamides is 1. The van der Waals surface area contributed by atoms with Crippen molar-refractivity contribution in [2.45, 2.75) is 4.90 Å². The van der Waals surface area contributed by atoms with E-state index in [1.165, 1.54) is 30.5 Å². The third-order valence-corrected chi connectivity index (χ3v) is 5.13. The van der Waals surface area contributed by atoms with Gasteiger partial charge in [-0.2, -0.15) is 0 Å². The molecule has 0 radical (unpaired) electrons. The summed E-state index contributed by atoms with van der Waals surface area (Å²) in [5, 5.41) is 0.695. The number of halogens is 4. The van der Waals surface area contributed by atoms with Crippen molar-refractivity contribution < 1.29 is 8.42 Å². The molecular weight excluding hydrogens is 410 g/mol. The minimum atomic E-state index is -3.81. The molecule has 0 aliphatic rings. The van der Waals surface area contributed by atoms with Crippen LogP contribution in [0.4, 0.5) is 5.69 Å². The van der Waals surface area contributed by atoms with Gasteiger partial charge in [-0.15, -0.1) is 0 Å². The van der Waals surface area contributed by atoms with Crippen LogP contribution in [0.1, 0.15) is 0 Å². The molecule has 0 atom stereocenters. The molecule has 9 heteroatoms. The monoisotopic (exact) mass is 414 g/mol. The van der Waals surface area contributed by atoms with Crippen molar-refractivity contribution in [1.29, 1.82) is 0 Å². The van der Waals surface area contributed by atoms with Gasteiger partial charge in [0.2, 0.25) is 0 Å². The number of benzene rings is 1. The van der Waals surface area contributed by atoms with Crippen LogP contribution in [0.2, 0.25) is 15.2 Å². The van der Waals surface area contributed by atoms with Crippen molar-refractivity contribution in [3.05, 3.63) is 50.1 Å². The normalized spacial score (nSPS) is 11.4. The Balaban J connectivity index is 2.37. The summed E-state index contributed by atoms with van der Waals surface area (Å²) in [7, 11) is -3.81. The highest BCUT2D eigenvalue weighted by Crippen LogP contribution is 2.26. The largest absolute Gasteiger partial charge is 0.278 e. The van der Waals surface area contributed by atoms with E-state index in [4.69, 9.17) is 34.8 Å². The summed E-state index contributed by atoms with van der Waals surface area (Å²) in [6, 6.07) is 5.55. The van der Waals surface area contributed by atoms with E-state index in [1.54, 1.807) is 0 Å². The lowest BCUT2D eigenvalue weighted by Crippen LogP contribution is -2.13. The Kier molecular flexibility index (Phi) is 4.81. The maximum Gasteiger partial charge on any atom is 0.262 e. The van der Waals surface area contributed by atoms with E-state index in [1.807, 2.05) is 0 Å². The van der Waals surface area contributed by atoms with Crippen molar-refractivity contribution in [2.75, 3.05) is 4.72 Å². The van der Waals surface area contributed by atoms with Gasteiger partial charge < -0.3 is 0 Å². The Morgan fingerprint density at radius 1 is 1.05 bits per heavy atom. The second-order valence-electron chi connectivity index (χ2n) is 3.71. The third kappa shape index (κ3) is 3.77. The van der Waals surface area contributed by atoms with Crippen LogP contribution in [0.15, 0.2) is 39.8 Å². The van der Waals surface area contributed by atoms with Gasteiger partial charge in [-0.3, -0.25) is 4.72 Å². The molecule has 0 fully saturated rings. The van der Waals surface area contributed by atoms with Crippen molar-refractivity contribution in [2.24, 2.45) is 0 Å². The zero-order valence-electron chi connectivity index (χ0n) is 9.57. The van der Waals surface area contributed by atoms with E-state index in [0.717, 1.165) is 0 Å². The molecule has 4 nitrogen and oxygen atoms in total. The van der Waals surface area contributed by atoms with Gasteiger partial charge in [-0.1, -0.05) is 34.8 Å². The lowest BCUT2D eigenvalue weighted by atomic mass is 10.4. The second-order valence-corrected chi connectivity index (χ2v) is 7.47. The van der Waals surface area contributed by atoms with Crippen LogP contribution in [0.3, 0.4) is 0 Å². The van der Waals surface area contributed by atoms with Crippen LogP contribution >= 0.6 is 50.7 Å². The van der Waals surface area contributed by atoms with Crippen molar-refractivity contribution in [3.8, 4) is 0 Å². The summed E-state index contributed by atoms with van der Waals surface area (Å²) in [6.45, 7) is 0. The van der Waals surface area contributed by atoms with Crippen LogP contribution < -0.4 is 4.72 Å². The molecule has 0 spiro atoms. The molecule has 0 aliphatic heterocycles. The summed E-state index contributed by atoms with van der Waals surface area (Å²) < 4.78 is 27.2. The molecule has 0 saturated heterocycles. The Labute approximate surface area is 139 Å². The van der Waals surface area contributed by atoms with E-state index in [-0.39, 0.29) is 25.8 Å². The molecule has 106 valence electrons. The number of pyridine rings is 1. The lowest BCUT2D eigenvalue weighted by Gasteiger charge is -2.09. The number of anilines is 1. The smallest absolute Gasteiger partial charge is 0.262 e. The van der Waals surface area contributed by atoms with Gasteiger partial charge in [0.25, 0.3) is 10.0 Å². The molecule has 1 heterocycles. The van der Waals surface area contributed by atoms with Gasteiger partial charge in [0, 0.05) is 10.0 Å². The van der Waals surface area contributed by atoms with E-state index in [2.05, 4.69) is 25.6 Å². The van der Waals surface area contributed by atoms with E-state index in [9.17, 15) is 8.42 Å². The SMILES string of the molecule is O=S(=O)(Nc1cnc(Cl)c(Br)c1)c1cc(Cl)cc(Cl)c1. The number of hydrogen-bond donors (Lipinski definition) is 1. The first-order valence-electron chi connectivity index (χ1n) is 5.08. The fraction of sp³-hybridized carbons (Fsp3) is 0. The topological polar surface area (TPSA) is 59.1 Å². The summed E-state index contributed by atoms with van der Waals surface area (Å²) in [5.74, 6) is 0. The Morgan fingerprint density at radius 2 is 1.65 bits per heavy atom. The molecule has 0 aliphatic carbocycles. The maximum absolute atomic E-state index is 12.2. The second kappa shape index (κ2) is 6.07. The van der Waals surface area contributed by atoms with Crippen molar-refractivity contribution in [1.82, 2.24) is 4.98 Å². The minimum absolute atomic E-state index is 0.0407. The molecule has 20 heavy (non-hydrogen) atoms. The van der Waals surface area contributed by atoms with Crippen LogP contribution in [0, 0.1) is 0 Å². The molecule has 0 amide bonds. The quantitative estimate of drug-likeness (QED) is 0.744. The number of rotatable bonds is 3. The van der Waals surface area contributed by atoms with Crippen LogP contribution in [0.25, 0.3) is 0 Å². The zero-order valence-corrected chi connectivity index (χ0v) is 14.2. The van der Waals surface area contributed by atoms with Crippen molar-refractivity contribution in [3.63, 3.8) is 0 Å². The van der Waals surface area contributed by atoms with Crippen molar-refractivity contribution >= 4 is 66.4 Å². The number of nitrogens with zero attached hydrogens (tertiary/aromatic N) is 1. The first-order chi connectivity index (χ1) is 9.28. The third-order valence-electron chi connectivity index (χ3n) is 2.19. The predicted molar refractivity (Wildman–Crippen MR) is 84.2 cm³/mol. The van der Waals surface area contributed by atoms with E-state index in [0.29, 0.717) is 4.47 Å².